The molecule has 0 saturated carbocycles. The van der Waals surface area contributed by atoms with E-state index < -0.39 is 0 Å². The summed E-state index contributed by atoms with van der Waals surface area (Å²) in [5, 5.41) is 0. The van der Waals surface area contributed by atoms with Gasteiger partial charge in [-0.1, -0.05) is 51.6 Å². The van der Waals surface area contributed by atoms with Crippen LogP contribution in [-0.4, -0.2) is 16.6 Å². The van der Waals surface area contributed by atoms with Gasteiger partial charge in [0.05, 0.1) is 17.9 Å². The Morgan fingerprint density at radius 1 is 1.18 bits per heavy atom. The van der Waals surface area contributed by atoms with Crippen LogP contribution in [-0.2, 0) is 10.2 Å². The number of nitrogens with zero attached hydrogens (tertiary/aromatic N) is 2. The maximum absolute atomic E-state index is 5.43. The Morgan fingerprint density at radius 2 is 1.82 bits per heavy atom. The maximum Gasteiger partial charge on any atom is 0.159 e. The van der Waals surface area contributed by atoms with E-state index in [0.29, 0.717) is 12.4 Å². The Bertz CT molecular complexity index is 667. The second kappa shape index (κ2) is 6.30. The van der Waals surface area contributed by atoms with Crippen molar-refractivity contribution in [1.82, 2.24) is 9.97 Å². The lowest BCUT2D eigenvalue weighted by atomic mass is 9.87. The number of benzene rings is 1. The molecule has 0 aliphatic rings. The Hall–Kier alpha value is -2.16. The molecule has 1 heterocycles. The van der Waals surface area contributed by atoms with Gasteiger partial charge in [0.2, 0.25) is 0 Å². The quantitative estimate of drug-likeness (QED) is 0.763. The lowest BCUT2D eigenvalue weighted by Crippen LogP contribution is -2.10. The molecule has 1 aromatic carbocycles. The van der Waals surface area contributed by atoms with Gasteiger partial charge in [0.25, 0.3) is 0 Å². The fourth-order valence-electron chi connectivity index (χ4n) is 2.25. The van der Waals surface area contributed by atoms with E-state index in [9.17, 15) is 0 Å². The fraction of sp³-hybridized carbons (Fsp3) is 0.368. The first kappa shape index (κ1) is 16.2. The van der Waals surface area contributed by atoms with Crippen molar-refractivity contribution in [2.75, 3.05) is 6.61 Å². The zero-order valence-corrected chi connectivity index (χ0v) is 14.1. The fourth-order valence-corrected chi connectivity index (χ4v) is 2.25. The first-order valence-electron chi connectivity index (χ1n) is 7.59. The van der Waals surface area contributed by atoms with E-state index in [1.165, 1.54) is 5.56 Å². The summed E-state index contributed by atoms with van der Waals surface area (Å²) in [6.07, 6.45) is 1.79. The molecule has 2 aromatic rings. The minimum absolute atomic E-state index is 0.147. The average molecular weight is 296 g/mol. The molecular weight excluding hydrogens is 272 g/mol. The molecule has 0 unspecified atom stereocenters. The first-order valence-corrected chi connectivity index (χ1v) is 7.59. The highest BCUT2D eigenvalue weighted by molar-refractivity contribution is 5.62. The third-order valence-electron chi connectivity index (χ3n) is 3.61. The van der Waals surface area contributed by atoms with Gasteiger partial charge in [-0.05, 0) is 24.8 Å². The number of aryl methyl sites for hydroxylation is 1. The minimum Gasteiger partial charge on any atom is -0.494 e. The largest absolute Gasteiger partial charge is 0.494 e. The third-order valence-corrected chi connectivity index (χ3v) is 3.61. The number of rotatable bonds is 4. The predicted molar refractivity (Wildman–Crippen MR) is 91.6 cm³/mol. The zero-order chi connectivity index (χ0) is 16.3. The van der Waals surface area contributed by atoms with Crippen molar-refractivity contribution >= 4 is 5.76 Å². The van der Waals surface area contributed by atoms with Gasteiger partial charge in [-0.25, -0.2) is 9.97 Å². The van der Waals surface area contributed by atoms with E-state index in [4.69, 9.17) is 4.74 Å². The van der Waals surface area contributed by atoms with Crippen LogP contribution in [0, 0.1) is 6.92 Å². The topological polar surface area (TPSA) is 35.0 Å². The monoisotopic (exact) mass is 296 g/mol. The standard InChI is InChI=1S/C19H24N2O/c1-7-22-14(3)17-12-20-18(21-13(17)2)15-8-10-16(11-9-15)19(4,5)6/h8-12H,3,7H2,1-2,4-6H3. The normalized spacial score (nSPS) is 11.3. The van der Waals surface area contributed by atoms with Gasteiger partial charge >= 0.3 is 0 Å². The lowest BCUT2D eigenvalue weighted by Gasteiger charge is -2.19. The van der Waals surface area contributed by atoms with Crippen molar-refractivity contribution in [2.45, 2.75) is 40.0 Å². The van der Waals surface area contributed by atoms with Crippen LogP contribution in [0.4, 0.5) is 0 Å². The first-order chi connectivity index (χ1) is 10.3. The molecule has 0 amide bonds. The molecule has 0 spiro atoms. The summed E-state index contributed by atoms with van der Waals surface area (Å²) in [6, 6.07) is 8.43. The average Bonchev–Trinajstić information content (AvgIpc) is 2.46. The van der Waals surface area contributed by atoms with Crippen LogP contribution >= 0.6 is 0 Å². The molecule has 1 aromatic heterocycles. The minimum atomic E-state index is 0.147. The second-order valence-corrected chi connectivity index (χ2v) is 6.38. The SMILES string of the molecule is C=C(OCC)c1cnc(-c2ccc(C(C)(C)C)cc2)nc1C. The summed E-state index contributed by atoms with van der Waals surface area (Å²) in [5.74, 6) is 1.35. The van der Waals surface area contributed by atoms with Gasteiger partial charge in [-0.15, -0.1) is 0 Å². The predicted octanol–water partition coefficient (Wildman–Crippen LogP) is 4.76. The number of ether oxygens (including phenoxy) is 1. The maximum atomic E-state index is 5.43. The van der Waals surface area contributed by atoms with E-state index in [-0.39, 0.29) is 5.41 Å². The lowest BCUT2D eigenvalue weighted by molar-refractivity contribution is 0.298. The Morgan fingerprint density at radius 3 is 2.32 bits per heavy atom. The van der Waals surface area contributed by atoms with Crippen LogP contribution in [0.1, 0.15) is 44.5 Å². The van der Waals surface area contributed by atoms with Crippen LogP contribution in [0.3, 0.4) is 0 Å². The van der Waals surface area contributed by atoms with Gasteiger partial charge in [0, 0.05) is 11.8 Å². The molecule has 0 N–H and O–H groups in total. The zero-order valence-electron chi connectivity index (χ0n) is 14.1. The van der Waals surface area contributed by atoms with E-state index in [1.54, 1.807) is 6.20 Å². The Balaban J connectivity index is 2.30. The van der Waals surface area contributed by atoms with Gasteiger partial charge in [-0.3, -0.25) is 0 Å². The van der Waals surface area contributed by atoms with Crippen LogP contribution in [0.5, 0.6) is 0 Å². The number of hydrogen-bond acceptors (Lipinski definition) is 3. The van der Waals surface area contributed by atoms with Crippen molar-refractivity contribution in [1.29, 1.82) is 0 Å². The molecule has 0 radical (unpaired) electrons. The highest BCUT2D eigenvalue weighted by atomic mass is 16.5. The van der Waals surface area contributed by atoms with Crippen molar-refractivity contribution in [2.24, 2.45) is 0 Å². The Labute approximate surface area is 133 Å². The summed E-state index contributed by atoms with van der Waals surface area (Å²) in [6.45, 7) is 15.0. The van der Waals surface area contributed by atoms with E-state index in [1.807, 2.05) is 13.8 Å². The molecule has 3 heteroatoms. The second-order valence-electron chi connectivity index (χ2n) is 6.38. The van der Waals surface area contributed by atoms with E-state index in [2.05, 4.69) is 61.6 Å². The van der Waals surface area contributed by atoms with Gasteiger partial charge in [-0.2, -0.15) is 0 Å². The van der Waals surface area contributed by atoms with Gasteiger partial charge in [0.15, 0.2) is 5.82 Å². The molecular formula is C19H24N2O. The molecule has 0 saturated heterocycles. The summed E-state index contributed by atoms with van der Waals surface area (Å²) < 4.78 is 5.43. The smallest absolute Gasteiger partial charge is 0.159 e. The van der Waals surface area contributed by atoms with Crippen LogP contribution in [0.2, 0.25) is 0 Å². The molecule has 22 heavy (non-hydrogen) atoms. The molecule has 0 fully saturated rings. The Kier molecular flexibility index (Phi) is 4.65. The molecule has 0 aliphatic heterocycles. The third kappa shape index (κ3) is 3.53. The summed E-state index contributed by atoms with van der Waals surface area (Å²) >= 11 is 0. The molecule has 0 bridgehead atoms. The van der Waals surface area contributed by atoms with Crippen LogP contribution < -0.4 is 0 Å². The molecule has 0 aliphatic carbocycles. The van der Waals surface area contributed by atoms with Gasteiger partial charge < -0.3 is 4.74 Å². The summed E-state index contributed by atoms with van der Waals surface area (Å²) in [4.78, 5) is 9.04. The van der Waals surface area contributed by atoms with Crippen LogP contribution in [0.15, 0.2) is 37.0 Å². The molecule has 2 rings (SSSR count). The van der Waals surface area contributed by atoms with Crippen molar-refractivity contribution in [3.63, 3.8) is 0 Å². The highest BCUT2D eigenvalue weighted by Gasteiger charge is 2.14. The van der Waals surface area contributed by atoms with E-state index >= 15 is 0 Å². The number of aromatic nitrogens is 2. The molecule has 0 atom stereocenters. The highest BCUT2D eigenvalue weighted by Crippen LogP contribution is 2.25. The molecule has 116 valence electrons. The summed E-state index contributed by atoms with van der Waals surface area (Å²) in [7, 11) is 0. The summed E-state index contributed by atoms with van der Waals surface area (Å²) in [5.41, 5.74) is 4.20. The molecule has 3 nitrogen and oxygen atoms in total. The van der Waals surface area contributed by atoms with Crippen molar-refractivity contribution < 1.29 is 4.74 Å². The van der Waals surface area contributed by atoms with E-state index in [0.717, 1.165) is 22.6 Å². The van der Waals surface area contributed by atoms with Crippen LogP contribution in [0.25, 0.3) is 17.1 Å². The van der Waals surface area contributed by atoms with Crippen molar-refractivity contribution in [3.8, 4) is 11.4 Å². The number of hydrogen-bond donors (Lipinski definition) is 0. The van der Waals surface area contributed by atoms with Gasteiger partial charge in [0.1, 0.15) is 5.76 Å². The van der Waals surface area contributed by atoms with Crippen molar-refractivity contribution in [3.05, 3.63) is 53.9 Å².